The minimum atomic E-state index is 0.459. The van der Waals surface area contributed by atoms with Crippen LogP contribution in [0.2, 0.25) is 0 Å². The van der Waals surface area contributed by atoms with E-state index in [0.717, 1.165) is 34.4 Å². The summed E-state index contributed by atoms with van der Waals surface area (Å²) >= 11 is 1.86. The normalized spacial score (nSPS) is 14.2. The second-order valence-corrected chi connectivity index (χ2v) is 20.1. The van der Waals surface area contributed by atoms with E-state index in [1.807, 2.05) is 11.3 Å². The third kappa shape index (κ3) is 5.84. The first-order valence-corrected chi connectivity index (χ1v) is 25.2. The number of benzene rings is 10. The lowest BCUT2D eigenvalue weighted by Gasteiger charge is -2.20. The molecule has 4 heterocycles. The molecule has 328 valence electrons. The molecule has 0 saturated heterocycles. The molecule has 0 saturated carbocycles. The van der Waals surface area contributed by atoms with Crippen molar-refractivity contribution >= 4 is 108 Å². The van der Waals surface area contributed by atoms with Gasteiger partial charge in [-0.2, -0.15) is 0 Å². The topological polar surface area (TPSA) is 22.2 Å². The van der Waals surface area contributed by atoms with Crippen molar-refractivity contribution in [3.8, 4) is 44.6 Å². The Balaban J connectivity index is 0.812. The molecule has 15 rings (SSSR count). The van der Waals surface area contributed by atoms with E-state index in [2.05, 4.69) is 240 Å². The number of imidazole rings is 1. The molecule has 1 unspecified atom stereocenters. The van der Waals surface area contributed by atoms with Gasteiger partial charge < -0.3 is 4.57 Å². The molecular weight excluding hydrogens is 867 g/mol. The maximum atomic E-state index is 5.49. The highest BCUT2D eigenvalue weighted by atomic mass is 32.1. The van der Waals surface area contributed by atoms with Crippen LogP contribution in [0, 0.1) is 5.92 Å². The number of hydrogen-bond donors (Lipinski definition) is 0. The Morgan fingerprint density at radius 2 is 1.03 bits per heavy atom. The Labute approximate surface area is 408 Å². The van der Waals surface area contributed by atoms with E-state index in [9.17, 15) is 0 Å². The van der Waals surface area contributed by atoms with Gasteiger partial charge in [0.05, 0.1) is 32.5 Å². The van der Waals surface area contributed by atoms with Gasteiger partial charge in [-0.15, -0.1) is 11.3 Å². The molecule has 0 bridgehead atoms. The Hall–Kier alpha value is -8.57. The van der Waals surface area contributed by atoms with Gasteiger partial charge in [-0.05, 0) is 109 Å². The number of nitrogens with zero attached hydrogens (tertiary/aromatic N) is 3. The molecule has 1 aliphatic carbocycles. The maximum Gasteiger partial charge on any atom is 0.156 e. The number of fused-ring (bicyclic) bond motifs is 15. The van der Waals surface area contributed by atoms with Crippen molar-refractivity contribution in [1.29, 1.82) is 0 Å². The smallest absolute Gasteiger partial charge is 0.156 e. The summed E-state index contributed by atoms with van der Waals surface area (Å²) in [4.78, 5) is 5.49. The van der Waals surface area contributed by atoms with Gasteiger partial charge in [0.25, 0.3) is 0 Å². The van der Waals surface area contributed by atoms with Crippen LogP contribution in [0.3, 0.4) is 0 Å². The average molecular weight is 910 g/mol. The Morgan fingerprint density at radius 3 is 1.77 bits per heavy atom. The second kappa shape index (κ2) is 15.2. The monoisotopic (exact) mass is 909 g/mol. The molecule has 0 radical (unpaired) electrons. The standard InChI is InChI=1S/C66H43N3S/c1-40-12-2-10-20-58(40)68-59-21-11-9-19-54(59)56-38-47(32-36-60(56)68)41-22-24-44(25-23-41)48-34-35-49(53-18-8-7-17-52(48)53)45-26-28-46(29-27-45)62-39-57-55-33-30-43-14-4-6-16-51(43)64(55)70-65(57)66-67-63-50-15-5-3-13-42(50)31-37-61(63)69(62)66/h2-11,13-40H,12H2,1H3. The van der Waals surface area contributed by atoms with Gasteiger partial charge in [-0.1, -0.05) is 195 Å². The Kier molecular flexibility index (Phi) is 8.57. The molecule has 0 N–H and O–H groups in total. The lowest BCUT2D eigenvalue weighted by molar-refractivity contribution is 0.725. The van der Waals surface area contributed by atoms with Gasteiger partial charge in [-0.25, -0.2) is 4.98 Å². The van der Waals surface area contributed by atoms with Crippen molar-refractivity contribution < 1.29 is 0 Å². The van der Waals surface area contributed by atoms with Crippen LogP contribution in [0.25, 0.3) is 141 Å². The van der Waals surface area contributed by atoms with Crippen molar-refractivity contribution in [3.63, 3.8) is 0 Å². The van der Waals surface area contributed by atoms with Crippen LogP contribution in [0.1, 0.15) is 13.3 Å². The van der Waals surface area contributed by atoms with Crippen molar-refractivity contribution in [3.05, 3.63) is 224 Å². The van der Waals surface area contributed by atoms with Crippen LogP contribution in [-0.4, -0.2) is 14.0 Å². The Bertz CT molecular complexity index is 4560. The van der Waals surface area contributed by atoms with E-state index in [-0.39, 0.29) is 0 Å². The van der Waals surface area contributed by atoms with Gasteiger partial charge in [-0.3, -0.25) is 4.40 Å². The minimum Gasteiger partial charge on any atom is -0.313 e. The summed E-state index contributed by atoms with van der Waals surface area (Å²) in [5.74, 6) is 0.459. The zero-order valence-electron chi connectivity index (χ0n) is 38.4. The van der Waals surface area contributed by atoms with E-state index < -0.39 is 0 Å². The molecule has 0 amide bonds. The van der Waals surface area contributed by atoms with Crippen LogP contribution >= 0.6 is 11.3 Å². The maximum absolute atomic E-state index is 5.49. The molecule has 0 aliphatic heterocycles. The van der Waals surface area contributed by atoms with Crippen LogP contribution in [-0.2, 0) is 0 Å². The molecule has 14 aromatic rings. The summed E-state index contributed by atoms with van der Waals surface area (Å²) < 4.78 is 7.40. The lowest BCUT2D eigenvalue weighted by atomic mass is 9.91. The predicted molar refractivity (Wildman–Crippen MR) is 300 cm³/mol. The van der Waals surface area contributed by atoms with E-state index in [1.165, 1.54) is 113 Å². The van der Waals surface area contributed by atoms with Gasteiger partial charge in [0, 0.05) is 43.2 Å². The SMILES string of the molecule is CC1CC=CC=C1n1c2ccccc2c2cc(-c3ccc(-c4ccc(-c5ccc(-c6cc7c8ccc9ccccc9c8sc7c7nc8c9ccccc9ccc8n67)cc5)c5ccccc45)cc3)ccc21. The van der Waals surface area contributed by atoms with Crippen molar-refractivity contribution in [1.82, 2.24) is 14.0 Å². The zero-order valence-corrected chi connectivity index (χ0v) is 39.2. The highest BCUT2D eigenvalue weighted by Gasteiger charge is 2.22. The van der Waals surface area contributed by atoms with Gasteiger partial charge in [0.2, 0.25) is 0 Å². The molecule has 1 aliphatic rings. The van der Waals surface area contributed by atoms with E-state index in [4.69, 9.17) is 4.98 Å². The largest absolute Gasteiger partial charge is 0.313 e. The number of pyridine rings is 1. The first-order valence-electron chi connectivity index (χ1n) is 24.3. The van der Waals surface area contributed by atoms with Crippen LogP contribution < -0.4 is 0 Å². The van der Waals surface area contributed by atoms with E-state index in [1.54, 1.807) is 0 Å². The van der Waals surface area contributed by atoms with Crippen molar-refractivity contribution in [2.75, 3.05) is 0 Å². The summed E-state index contributed by atoms with van der Waals surface area (Å²) in [7, 11) is 0. The fraction of sp³-hybridized carbons (Fsp3) is 0.0455. The van der Waals surface area contributed by atoms with E-state index >= 15 is 0 Å². The first-order chi connectivity index (χ1) is 34.6. The highest BCUT2D eigenvalue weighted by molar-refractivity contribution is 7.27. The fourth-order valence-electron chi connectivity index (χ4n) is 11.7. The molecule has 4 heteroatoms. The molecule has 4 aromatic heterocycles. The highest BCUT2D eigenvalue weighted by Crippen LogP contribution is 2.45. The van der Waals surface area contributed by atoms with Gasteiger partial charge in [0.15, 0.2) is 5.65 Å². The summed E-state index contributed by atoms with van der Waals surface area (Å²) in [6.45, 7) is 2.33. The van der Waals surface area contributed by atoms with Crippen LogP contribution in [0.4, 0.5) is 0 Å². The molecule has 3 nitrogen and oxygen atoms in total. The summed E-state index contributed by atoms with van der Waals surface area (Å²) in [6, 6.07) is 76.5. The fourth-order valence-corrected chi connectivity index (χ4v) is 13.0. The number of rotatable bonds is 5. The van der Waals surface area contributed by atoms with Crippen LogP contribution in [0.5, 0.6) is 0 Å². The number of allylic oxidation sites excluding steroid dienone is 4. The number of para-hydroxylation sites is 1. The Morgan fingerprint density at radius 1 is 0.443 bits per heavy atom. The molecule has 10 aromatic carbocycles. The van der Waals surface area contributed by atoms with Gasteiger partial charge >= 0.3 is 0 Å². The summed E-state index contributed by atoms with van der Waals surface area (Å²) in [6.07, 6.45) is 7.83. The first kappa shape index (κ1) is 39.4. The molecule has 0 fully saturated rings. The predicted octanol–water partition coefficient (Wildman–Crippen LogP) is 18.5. The second-order valence-electron chi connectivity index (χ2n) is 19.1. The molecular formula is C66H43N3S. The molecule has 0 spiro atoms. The third-order valence-corrected chi connectivity index (χ3v) is 16.4. The molecule has 1 atom stereocenters. The average Bonchev–Trinajstić information content (AvgIpc) is 4.11. The van der Waals surface area contributed by atoms with Crippen molar-refractivity contribution in [2.45, 2.75) is 13.3 Å². The zero-order chi connectivity index (χ0) is 46.0. The minimum absolute atomic E-state index is 0.459. The number of aromatic nitrogens is 3. The summed E-state index contributed by atoms with van der Waals surface area (Å²) in [5.41, 5.74) is 16.6. The number of hydrogen-bond acceptors (Lipinski definition) is 2. The molecule has 70 heavy (non-hydrogen) atoms. The quantitative estimate of drug-likeness (QED) is 0.169. The van der Waals surface area contributed by atoms with Gasteiger partial charge in [0.1, 0.15) is 0 Å². The number of thiophene rings is 1. The van der Waals surface area contributed by atoms with E-state index in [0.29, 0.717) is 5.92 Å². The van der Waals surface area contributed by atoms with Crippen LogP contribution in [0.15, 0.2) is 224 Å². The van der Waals surface area contributed by atoms with Crippen molar-refractivity contribution in [2.24, 2.45) is 5.92 Å². The summed E-state index contributed by atoms with van der Waals surface area (Å²) in [5, 5.41) is 12.5. The third-order valence-electron chi connectivity index (χ3n) is 15.2. The lowest BCUT2D eigenvalue weighted by Crippen LogP contribution is -2.07.